The Bertz CT molecular complexity index is 988. The van der Waals surface area contributed by atoms with Gasteiger partial charge in [0.2, 0.25) is 0 Å². The first kappa shape index (κ1) is 16.5. The van der Waals surface area contributed by atoms with Crippen molar-refractivity contribution in [2.24, 2.45) is 0 Å². The number of hydrogen-bond acceptors (Lipinski definition) is 3. The van der Waals surface area contributed by atoms with Gasteiger partial charge < -0.3 is 9.64 Å². The molecule has 2 atom stereocenters. The number of benzene rings is 2. The van der Waals surface area contributed by atoms with Gasteiger partial charge in [-0.15, -0.1) is 0 Å². The number of carbonyl (C=O) groups is 1. The van der Waals surface area contributed by atoms with Crippen molar-refractivity contribution in [1.82, 2.24) is 9.88 Å². The highest BCUT2D eigenvalue weighted by Gasteiger charge is 2.47. The SMILES string of the molecule is O=C(c1cnc2ccccc2c1)N1CCC2(CC(c3ccccc3)CO2)C1. The monoisotopic (exact) mass is 358 g/mol. The van der Waals surface area contributed by atoms with Gasteiger partial charge in [-0.2, -0.15) is 0 Å². The Labute approximate surface area is 158 Å². The van der Waals surface area contributed by atoms with Crippen molar-refractivity contribution >= 4 is 16.8 Å². The second-order valence-corrected chi connectivity index (χ2v) is 7.70. The molecule has 3 aromatic rings. The molecular weight excluding hydrogens is 336 g/mol. The van der Waals surface area contributed by atoms with Crippen LogP contribution in [0.5, 0.6) is 0 Å². The van der Waals surface area contributed by atoms with Gasteiger partial charge in [-0.25, -0.2) is 0 Å². The maximum Gasteiger partial charge on any atom is 0.255 e. The Hall–Kier alpha value is -2.72. The van der Waals surface area contributed by atoms with E-state index >= 15 is 0 Å². The summed E-state index contributed by atoms with van der Waals surface area (Å²) in [5, 5.41) is 0.999. The van der Waals surface area contributed by atoms with Crippen LogP contribution in [0.2, 0.25) is 0 Å². The number of rotatable bonds is 2. The average Bonchev–Trinajstić information content (AvgIpc) is 3.35. The summed E-state index contributed by atoms with van der Waals surface area (Å²) in [5.74, 6) is 0.473. The Morgan fingerprint density at radius 2 is 1.93 bits per heavy atom. The smallest absolute Gasteiger partial charge is 0.255 e. The molecular formula is C23H22N2O2. The molecule has 0 radical (unpaired) electrons. The van der Waals surface area contributed by atoms with Crippen LogP contribution in [0.25, 0.3) is 10.9 Å². The van der Waals surface area contributed by atoms with Crippen molar-refractivity contribution in [2.45, 2.75) is 24.4 Å². The zero-order valence-electron chi connectivity index (χ0n) is 15.2. The molecule has 0 aliphatic carbocycles. The molecule has 1 spiro atoms. The van der Waals surface area contributed by atoms with E-state index in [9.17, 15) is 4.79 Å². The summed E-state index contributed by atoms with van der Waals surface area (Å²) in [6.07, 6.45) is 3.58. The van der Waals surface area contributed by atoms with Gasteiger partial charge in [0.25, 0.3) is 5.91 Å². The Morgan fingerprint density at radius 1 is 1.11 bits per heavy atom. The summed E-state index contributed by atoms with van der Waals surface area (Å²) in [5.41, 5.74) is 2.71. The van der Waals surface area contributed by atoms with Crippen LogP contribution in [0.15, 0.2) is 66.9 Å². The van der Waals surface area contributed by atoms with E-state index in [0.717, 1.165) is 36.9 Å². The van der Waals surface area contributed by atoms with E-state index in [-0.39, 0.29) is 11.5 Å². The highest BCUT2D eigenvalue weighted by atomic mass is 16.5. The van der Waals surface area contributed by atoms with Gasteiger partial charge in [-0.3, -0.25) is 9.78 Å². The first-order chi connectivity index (χ1) is 13.2. The standard InChI is InChI=1S/C23H22N2O2/c26-22(19-12-18-8-4-5-9-21(18)24-14-19)25-11-10-23(16-25)13-20(15-27-23)17-6-2-1-3-7-17/h1-9,12,14,20H,10-11,13,15-16H2. The first-order valence-corrected chi connectivity index (χ1v) is 9.55. The fourth-order valence-electron chi connectivity index (χ4n) is 4.46. The van der Waals surface area contributed by atoms with E-state index in [0.29, 0.717) is 18.0 Å². The molecule has 2 aliphatic rings. The van der Waals surface area contributed by atoms with Crippen LogP contribution in [-0.4, -0.2) is 41.1 Å². The fourth-order valence-corrected chi connectivity index (χ4v) is 4.46. The molecule has 0 N–H and O–H groups in total. The molecule has 5 rings (SSSR count). The van der Waals surface area contributed by atoms with Crippen LogP contribution in [0.4, 0.5) is 0 Å². The van der Waals surface area contributed by atoms with E-state index in [2.05, 4.69) is 29.2 Å². The molecule has 2 aromatic carbocycles. The third-order valence-corrected chi connectivity index (χ3v) is 5.92. The number of nitrogens with zero attached hydrogens (tertiary/aromatic N) is 2. The molecule has 2 aliphatic heterocycles. The third-order valence-electron chi connectivity index (χ3n) is 5.92. The van der Waals surface area contributed by atoms with Crippen LogP contribution in [0.1, 0.15) is 34.7 Å². The predicted octanol–water partition coefficient (Wildman–Crippen LogP) is 4.02. The van der Waals surface area contributed by atoms with E-state index < -0.39 is 0 Å². The van der Waals surface area contributed by atoms with Gasteiger partial charge in [0.05, 0.1) is 29.8 Å². The summed E-state index contributed by atoms with van der Waals surface area (Å²) < 4.78 is 6.25. The molecule has 2 fully saturated rings. The summed E-state index contributed by atoms with van der Waals surface area (Å²) in [6.45, 7) is 2.15. The topological polar surface area (TPSA) is 42.4 Å². The van der Waals surface area contributed by atoms with E-state index in [4.69, 9.17) is 4.74 Å². The lowest BCUT2D eigenvalue weighted by atomic mass is 9.89. The number of aromatic nitrogens is 1. The van der Waals surface area contributed by atoms with Crippen LogP contribution < -0.4 is 0 Å². The summed E-state index contributed by atoms with van der Waals surface area (Å²) in [7, 11) is 0. The van der Waals surface area contributed by atoms with Gasteiger partial charge >= 0.3 is 0 Å². The van der Waals surface area contributed by atoms with Crippen LogP contribution in [0.3, 0.4) is 0 Å². The fraction of sp³-hybridized carbons (Fsp3) is 0.304. The van der Waals surface area contributed by atoms with Gasteiger partial charge in [-0.1, -0.05) is 48.5 Å². The summed E-state index contributed by atoms with van der Waals surface area (Å²) >= 11 is 0. The second-order valence-electron chi connectivity index (χ2n) is 7.70. The second kappa shape index (κ2) is 6.46. The maximum atomic E-state index is 13.0. The number of para-hydroxylation sites is 1. The molecule has 0 saturated carbocycles. The lowest BCUT2D eigenvalue weighted by Crippen LogP contribution is -2.35. The minimum absolute atomic E-state index is 0.0527. The molecule has 136 valence electrons. The highest BCUT2D eigenvalue weighted by Crippen LogP contribution is 2.42. The quantitative estimate of drug-likeness (QED) is 0.695. The van der Waals surface area contributed by atoms with Crippen molar-refractivity contribution < 1.29 is 9.53 Å². The van der Waals surface area contributed by atoms with Gasteiger partial charge in [0.1, 0.15) is 0 Å². The van der Waals surface area contributed by atoms with Gasteiger partial charge in [0.15, 0.2) is 0 Å². The molecule has 1 aromatic heterocycles. The van der Waals surface area contributed by atoms with Crippen molar-refractivity contribution in [3.8, 4) is 0 Å². The summed E-state index contributed by atoms with van der Waals surface area (Å²) in [6, 6.07) is 20.4. The van der Waals surface area contributed by atoms with Crippen LogP contribution >= 0.6 is 0 Å². The van der Waals surface area contributed by atoms with Gasteiger partial charge in [-0.05, 0) is 30.5 Å². The van der Waals surface area contributed by atoms with E-state index in [1.54, 1.807) is 6.20 Å². The molecule has 2 saturated heterocycles. The maximum absolute atomic E-state index is 13.0. The minimum atomic E-state index is -0.194. The first-order valence-electron chi connectivity index (χ1n) is 9.55. The number of ether oxygens (including phenoxy) is 1. The molecule has 2 unspecified atom stereocenters. The molecule has 0 bridgehead atoms. The normalized spacial score (nSPS) is 24.7. The number of amides is 1. The number of pyridine rings is 1. The highest BCUT2D eigenvalue weighted by molar-refractivity contribution is 5.97. The lowest BCUT2D eigenvalue weighted by Gasteiger charge is -2.23. The van der Waals surface area contributed by atoms with E-state index in [1.165, 1.54) is 5.56 Å². The predicted molar refractivity (Wildman–Crippen MR) is 105 cm³/mol. The van der Waals surface area contributed by atoms with Crippen molar-refractivity contribution in [3.05, 3.63) is 78.0 Å². The number of hydrogen-bond donors (Lipinski definition) is 0. The lowest BCUT2D eigenvalue weighted by molar-refractivity contribution is 0.0123. The number of fused-ring (bicyclic) bond motifs is 1. The van der Waals surface area contributed by atoms with Crippen molar-refractivity contribution in [1.29, 1.82) is 0 Å². The molecule has 3 heterocycles. The zero-order valence-corrected chi connectivity index (χ0v) is 15.2. The van der Waals surface area contributed by atoms with Crippen molar-refractivity contribution in [2.75, 3.05) is 19.7 Å². The number of likely N-dealkylation sites (tertiary alicyclic amines) is 1. The molecule has 4 heteroatoms. The molecule has 27 heavy (non-hydrogen) atoms. The third kappa shape index (κ3) is 3.00. The Kier molecular flexibility index (Phi) is 3.94. The van der Waals surface area contributed by atoms with Crippen LogP contribution in [0, 0.1) is 0 Å². The van der Waals surface area contributed by atoms with Gasteiger partial charge in [0, 0.05) is 24.0 Å². The Balaban J connectivity index is 1.32. The summed E-state index contributed by atoms with van der Waals surface area (Å²) in [4.78, 5) is 19.4. The average molecular weight is 358 g/mol. The van der Waals surface area contributed by atoms with E-state index in [1.807, 2.05) is 41.3 Å². The van der Waals surface area contributed by atoms with Crippen LogP contribution in [-0.2, 0) is 4.74 Å². The largest absolute Gasteiger partial charge is 0.372 e. The van der Waals surface area contributed by atoms with Crippen molar-refractivity contribution in [3.63, 3.8) is 0 Å². The molecule has 1 amide bonds. The number of carbonyl (C=O) groups excluding carboxylic acids is 1. The zero-order chi connectivity index (χ0) is 18.3. The minimum Gasteiger partial charge on any atom is -0.372 e. The Morgan fingerprint density at radius 3 is 2.81 bits per heavy atom. The molecule has 4 nitrogen and oxygen atoms in total.